The van der Waals surface area contributed by atoms with E-state index in [1.807, 2.05) is 133 Å². The summed E-state index contributed by atoms with van der Waals surface area (Å²) >= 11 is 0. The molecule has 4 aliphatic heterocycles. The smallest absolute Gasteiger partial charge is 0.173 e. The van der Waals surface area contributed by atoms with Crippen molar-refractivity contribution in [2.24, 2.45) is 30.0 Å². The van der Waals surface area contributed by atoms with Crippen LogP contribution >= 0.6 is 0 Å². The van der Waals surface area contributed by atoms with Gasteiger partial charge in [0.15, 0.2) is 11.7 Å². The number of amidine groups is 2. The summed E-state index contributed by atoms with van der Waals surface area (Å²) in [5, 5.41) is 0. The minimum Gasteiger partial charge on any atom is -0.288 e. The molecular formula is C110H171N9. The number of aryl methyl sites for hydroxylation is 2. The first-order valence-electron chi connectivity index (χ1n) is 43.4. The zero-order valence-corrected chi connectivity index (χ0v) is 80.3. The molecule has 7 heterocycles. The van der Waals surface area contributed by atoms with Crippen molar-refractivity contribution in [2.75, 3.05) is 13.1 Å². The van der Waals surface area contributed by atoms with E-state index in [0.29, 0.717) is 6.54 Å². The third kappa shape index (κ3) is 39.9. The topological polar surface area (TPSA) is 113 Å². The summed E-state index contributed by atoms with van der Waals surface area (Å²) < 4.78 is 0. The van der Waals surface area contributed by atoms with Gasteiger partial charge in [0, 0.05) is 67.5 Å². The number of hydrogen-bond donors (Lipinski definition) is 0. The fourth-order valence-corrected chi connectivity index (χ4v) is 11.3. The number of benzene rings is 5. The average molecular weight is 1620 g/mol. The second-order valence-electron chi connectivity index (χ2n) is 36.1. The van der Waals surface area contributed by atoms with Crippen molar-refractivity contribution >= 4 is 54.4 Å². The number of aromatic nitrogens is 3. The Balaban J connectivity index is -0.00000127. The number of allylic oxidation sites excluding steroid dienone is 2. The maximum Gasteiger partial charge on any atom is 0.173 e. The van der Waals surface area contributed by atoms with Gasteiger partial charge in [-0.15, -0.1) is 0 Å². The molecule has 8 aromatic rings. The van der Waals surface area contributed by atoms with Crippen molar-refractivity contribution in [1.29, 1.82) is 0 Å². The predicted octanol–water partition coefficient (Wildman–Crippen LogP) is 31.7. The molecule has 2 aliphatic carbocycles. The summed E-state index contributed by atoms with van der Waals surface area (Å²) in [6.07, 6.45) is 25.4. The van der Waals surface area contributed by atoms with Crippen molar-refractivity contribution < 1.29 is 0 Å². The van der Waals surface area contributed by atoms with Crippen LogP contribution in [0.1, 0.15) is 378 Å². The predicted molar refractivity (Wildman–Crippen MR) is 541 cm³/mol. The first-order chi connectivity index (χ1) is 54.4. The molecule has 14 rings (SSSR count). The van der Waals surface area contributed by atoms with Crippen LogP contribution in [0.4, 0.5) is 5.69 Å². The van der Waals surface area contributed by atoms with Crippen LogP contribution in [0, 0.1) is 13.8 Å². The van der Waals surface area contributed by atoms with E-state index in [1.165, 1.54) is 89.1 Å². The molecule has 0 saturated heterocycles. The average Bonchev–Trinajstić information content (AvgIpc) is 1.71. The van der Waals surface area contributed by atoms with Gasteiger partial charge in [-0.2, -0.15) is 0 Å². The second kappa shape index (κ2) is 54.4. The van der Waals surface area contributed by atoms with Crippen molar-refractivity contribution in [2.45, 2.75) is 355 Å². The molecule has 3 aromatic heterocycles. The van der Waals surface area contributed by atoms with Crippen molar-refractivity contribution in [3.05, 3.63) is 270 Å². The van der Waals surface area contributed by atoms with E-state index in [9.17, 15) is 0 Å². The molecule has 0 bridgehead atoms. The highest BCUT2D eigenvalue weighted by atomic mass is 15.0. The normalized spacial score (nSPS) is 12.8. The maximum absolute atomic E-state index is 4.46. The highest BCUT2D eigenvalue weighted by Gasteiger charge is 2.22. The Morgan fingerprint density at radius 1 is 0.294 bits per heavy atom. The van der Waals surface area contributed by atoms with Crippen molar-refractivity contribution in [1.82, 2.24) is 15.0 Å². The van der Waals surface area contributed by atoms with E-state index >= 15 is 0 Å². The Kier molecular flexibility index (Phi) is 52.2. The first-order valence-corrected chi connectivity index (χ1v) is 43.4. The summed E-state index contributed by atoms with van der Waals surface area (Å²) in [5.74, 6) is 1.60. The highest BCUT2D eigenvalue weighted by molar-refractivity contribution is 6.06. The summed E-state index contributed by atoms with van der Waals surface area (Å²) in [6, 6.07) is 47.9. The van der Waals surface area contributed by atoms with Crippen LogP contribution in [0.25, 0.3) is 12.2 Å². The summed E-state index contributed by atoms with van der Waals surface area (Å²) in [5.41, 5.74) is 27.5. The van der Waals surface area contributed by atoms with E-state index in [4.69, 9.17) is 0 Å². The van der Waals surface area contributed by atoms with Gasteiger partial charge in [-0.05, 0) is 172 Å². The summed E-state index contributed by atoms with van der Waals surface area (Å²) in [7, 11) is 0. The van der Waals surface area contributed by atoms with Crippen LogP contribution in [0.15, 0.2) is 194 Å². The van der Waals surface area contributed by atoms with Gasteiger partial charge < -0.3 is 0 Å². The molecule has 0 saturated carbocycles. The monoisotopic (exact) mass is 1620 g/mol. The number of nitrogens with zero attached hydrogens (tertiary/aromatic N) is 9. The van der Waals surface area contributed by atoms with Gasteiger partial charge in [0.25, 0.3) is 0 Å². The second-order valence-corrected chi connectivity index (χ2v) is 36.1. The Hall–Kier alpha value is -8.95. The van der Waals surface area contributed by atoms with Gasteiger partial charge in [-0.25, -0.2) is 9.98 Å². The number of aliphatic imine (C=N–C) groups is 6. The lowest BCUT2D eigenvalue weighted by atomic mass is 9.85. The molecule has 0 amide bonds. The first kappa shape index (κ1) is 114. The van der Waals surface area contributed by atoms with Gasteiger partial charge in [-0.1, -0.05) is 405 Å². The molecule has 119 heavy (non-hydrogen) atoms. The molecule has 656 valence electrons. The SMILES string of the molecule is C.C.C.CC.CC.CC.CC.CC.CC.CC(C)(C)c1ccc(C2=NCC=N2)cc1.CC(C)(C)c1ccc(C2=NCC=N2)nc1.CC(C)(C)c1ccc2c(c1)C=CC2.CC(C)(C)c1ccc2c(c1)C=NC2.CC(C)(C)c1ccc2c(c1)N=CC2.CC(C)(C)c1cnc2c(c1)C=CC2.Cc1ccc(C(C)(C)C)cc1.Cc1ccc(C(C)(C)C)cn1. The Labute approximate surface area is 732 Å². The van der Waals surface area contributed by atoms with E-state index in [0.717, 1.165) is 66.7 Å². The largest absolute Gasteiger partial charge is 0.288 e. The minimum atomic E-state index is 0. The number of rotatable bonds is 2. The Morgan fingerprint density at radius 2 is 0.672 bits per heavy atom. The van der Waals surface area contributed by atoms with Crippen LogP contribution in [-0.4, -0.2) is 64.6 Å². The number of pyridine rings is 3. The molecular weight excluding hydrogens is 1450 g/mol. The van der Waals surface area contributed by atoms with Crippen molar-refractivity contribution in [3.63, 3.8) is 0 Å². The van der Waals surface area contributed by atoms with E-state index in [2.05, 4.69) is 370 Å². The van der Waals surface area contributed by atoms with Gasteiger partial charge in [0.05, 0.1) is 31.0 Å². The van der Waals surface area contributed by atoms with Crippen LogP contribution in [0.3, 0.4) is 0 Å². The molecule has 6 aliphatic rings. The van der Waals surface area contributed by atoms with Crippen LogP contribution in [0.5, 0.6) is 0 Å². The van der Waals surface area contributed by atoms with E-state index in [1.54, 1.807) is 6.21 Å². The molecule has 0 radical (unpaired) electrons. The third-order valence-electron chi connectivity index (χ3n) is 18.8. The lowest BCUT2D eigenvalue weighted by Crippen LogP contribution is -2.12. The highest BCUT2D eigenvalue weighted by Crippen LogP contribution is 2.34. The van der Waals surface area contributed by atoms with E-state index < -0.39 is 0 Å². The Morgan fingerprint density at radius 3 is 1.11 bits per heavy atom. The number of fused-ring (bicyclic) bond motifs is 4. The van der Waals surface area contributed by atoms with Crippen LogP contribution in [-0.2, 0) is 69.1 Å². The molecule has 5 aromatic carbocycles. The zero-order valence-electron chi connectivity index (χ0n) is 80.3. The summed E-state index contributed by atoms with van der Waals surface area (Å²) in [4.78, 5) is 38.6. The molecule has 0 N–H and O–H groups in total. The quantitative estimate of drug-likeness (QED) is 0.172. The maximum atomic E-state index is 4.46. The fraction of sp³-hybridized carbons (Fsp3) is 0.500. The minimum absolute atomic E-state index is 0. The zero-order chi connectivity index (χ0) is 88.6. The molecule has 0 atom stereocenters. The van der Waals surface area contributed by atoms with E-state index in [-0.39, 0.29) is 65.6 Å². The molecule has 0 unspecified atom stereocenters. The van der Waals surface area contributed by atoms with Crippen LogP contribution < -0.4 is 0 Å². The molecule has 9 nitrogen and oxygen atoms in total. The molecule has 0 fully saturated rings. The Bertz CT molecular complexity index is 3960. The van der Waals surface area contributed by atoms with Gasteiger partial charge in [-0.3, -0.25) is 34.9 Å². The fourth-order valence-electron chi connectivity index (χ4n) is 11.3. The molecule has 9 heteroatoms. The summed E-state index contributed by atoms with van der Waals surface area (Å²) in [6.45, 7) is 83.7. The van der Waals surface area contributed by atoms with Gasteiger partial charge in [0.1, 0.15) is 5.69 Å². The van der Waals surface area contributed by atoms with Gasteiger partial charge >= 0.3 is 0 Å². The van der Waals surface area contributed by atoms with Crippen LogP contribution in [0.2, 0.25) is 0 Å². The number of hydrogen-bond acceptors (Lipinski definition) is 9. The lowest BCUT2D eigenvalue weighted by molar-refractivity contribution is 0.586. The molecule has 0 spiro atoms. The van der Waals surface area contributed by atoms with Gasteiger partial charge in [0.2, 0.25) is 0 Å². The van der Waals surface area contributed by atoms with Crippen molar-refractivity contribution in [3.8, 4) is 0 Å². The third-order valence-corrected chi connectivity index (χ3v) is 18.8. The lowest BCUT2D eigenvalue weighted by Gasteiger charge is -2.19. The standard InChI is InChI=1S/C13H16N2.C13H16.C12H15N3.3C12H15N.C11H16.C10H15N.6C2H6.3CH4/c1-13(2,3)11-6-4-10(5-7-11)12-14-8-9-15-12;1-13(2,3)12-8-7-10-5-4-6-11(10)9-12;1-12(2,3)9-4-5-10(15-8-9)11-13-6-7-14-11;1-12(2,3)11-5-4-9-7-13-8-10(9)6-11;1-12(2,3)10-5-4-9-6-7-13-11(9)8-10;1-12(2,3)10-7-9-5-4-6-11(9)13-8-10;1-9-5-7-10(8-6-9)11(2,3)4;1-8-5-6-9(7-11-8)10(2,3)4;6*1-2;;;/h4-8H,9H2,1-3H3;4,6-9H,5H2,1-3H3;4-6,8H,7H2,1-3H3;4-6,8H,7H2,1-3H3;2*4-5,7-8H,6H2,1-3H3;5-8H,1-4H3;5-7H,1-4H3;6*1-2H3;3*1H4.